The third-order valence-electron chi connectivity index (χ3n) is 3.87. The summed E-state index contributed by atoms with van der Waals surface area (Å²) in [5, 5.41) is 12.2. The average molecular weight is 342 g/mol. The minimum Gasteiger partial charge on any atom is -0.492 e. The third kappa shape index (κ3) is 6.12. The zero-order valence-corrected chi connectivity index (χ0v) is 15.1. The number of benzene rings is 2. The number of aliphatic hydroxyl groups excluding tert-OH is 1. The van der Waals surface area contributed by atoms with Crippen molar-refractivity contribution < 1.29 is 14.6 Å². The van der Waals surface area contributed by atoms with Gasteiger partial charge in [-0.05, 0) is 54.8 Å². The van der Waals surface area contributed by atoms with E-state index in [-0.39, 0.29) is 19.1 Å². The molecule has 0 saturated heterocycles. The molecule has 0 aliphatic heterocycles. The van der Waals surface area contributed by atoms with Crippen molar-refractivity contribution >= 4 is 11.6 Å². The van der Waals surface area contributed by atoms with E-state index in [2.05, 4.69) is 11.4 Å². The van der Waals surface area contributed by atoms with E-state index in [1.165, 1.54) is 0 Å². The van der Waals surface area contributed by atoms with Crippen molar-refractivity contribution in [3.05, 3.63) is 59.2 Å². The van der Waals surface area contributed by atoms with Crippen LogP contribution in [0.2, 0.25) is 0 Å². The second-order valence-corrected chi connectivity index (χ2v) is 6.20. The fourth-order valence-corrected chi connectivity index (χ4v) is 2.53. The van der Waals surface area contributed by atoms with Crippen LogP contribution in [0, 0.1) is 13.8 Å². The maximum Gasteiger partial charge on any atom is 0.241 e. The predicted octanol–water partition coefficient (Wildman–Crippen LogP) is 2.75. The zero-order valence-electron chi connectivity index (χ0n) is 15.1. The van der Waals surface area contributed by atoms with Crippen LogP contribution < -0.4 is 10.1 Å². The Balaban J connectivity index is 1.76. The molecule has 134 valence electrons. The quantitative estimate of drug-likeness (QED) is 0.774. The molecular formula is C20H26N2O3. The van der Waals surface area contributed by atoms with Gasteiger partial charge in [0.1, 0.15) is 12.4 Å². The molecule has 0 atom stereocenters. The summed E-state index contributed by atoms with van der Waals surface area (Å²) < 4.78 is 5.74. The van der Waals surface area contributed by atoms with Gasteiger partial charge in [-0.3, -0.25) is 4.79 Å². The summed E-state index contributed by atoms with van der Waals surface area (Å²) in [5.74, 6) is 0.815. The number of nitrogens with one attached hydrogen (secondary N) is 1. The fourth-order valence-electron chi connectivity index (χ4n) is 2.53. The number of anilines is 1. The van der Waals surface area contributed by atoms with Gasteiger partial charge in [0.15, 0.2) is 0 Å². The van der Waals surface area contributed by atoms with Gasteiger partial charge in [-0.25, -0.2) is 0 Å². The molecule has 0 saturated carbocycles. The lowest BCUT2D eigenvalue weighted by Crippen LogP contribution is -2.35. The molecule has 0 fully saturated rings. The van der Waals surface area contributed by atoms with Crippen LogP contribution in [0.15, 0.2) is 42.5 Å². The Kier molecular flexibility index (Phi) is 6.83. The largest absolute Gasteiger partial charge is 0.492 e. The first-order valence-corrected chi connectivity index (χ1v) is 8.36. The van der Waals surface area contributed by atoms with Crippen LogP contribution in [0.3, 0.4) is 0 Å². The van der Waals surface area contributed by atoms with Crippen LogP contribution in [0.1, 0.15) is 16.7 Å². The lowest BCUT2D eigenvalue weighted by Gasteiger charge is -2.18. The number of likely N-dealkylation sites (N-methyl/N-ethyl adjacent to an activating group) is 1. The lowest BCUT2D eigenvalue weighted by atomic mass is 10.1. The van der Waals surface area contributed by atoms with Gasteiger partial charge in [0.2, 0.25) is 5.91 Å². The van der Waals surface area contributed by atoms with Crippen LogP contribution in [0.25, 0.3) is 0 Å². The maximum absolute atomic E-state index is 12.2. The summed E-state index contributed by atoms with van der Waals surface area (Å²) in [5.41, 5.74) is 3.95. The molecule has 0 aromatic heterocycles. The van der Waals surface area contributed by atoms with Gasteiger partial charge in [0.05, 0.1) is 19.7 Å². The van der Waals surface area contributed by atoms with Crippen LogP contribution in [0.5, 0.6) is 5.75 Å². The molecule has 2 aromatic rings. The van der Waals surface area contributed by atoms with E-state index in [0.29, 0.717) is 13.2 Å². The first kappa shape index (κ1) is 18.8. The highest BCUT2D eigenvalue weighted by molar-refractivity contribution is 5.80. The summed E-state index contributed by atoms with van der Waals surface area (Å²) in [7, 11) is 1.76. The Labute approximate surface area is 149 Å². The number of amides is 1. The van der Waals surface area contributed by atoms with Gasteiger partial charge in [-0.15, -0.1) is 0 Å². The zero-order chi connectivity index (χ0) is 18.2. The Hall–Kier alpha value is -2.53. The fraction of sp³-hybridized carbons (Fsp3) is 0.350. The van der Waals surface area contributed by atoms with E-state index < -0.39 is 0 Å². The van der Waals surface area contributed by atoms with Gasteiger partial charge in [0, 0.05) is 12.7 Å². The van der Waals surface area contributed by atoms with Gasteiger partial charge < -0.3 is 20.1 Å². The van der Waals surface area contributed by atoms with Gasteiger partial charge in [-0.1, -0.05) is 18.2 Å². The average Bonchev–Trinajstić information content (AvgIpc) is 2.59. The van der Waals surface area contributed by atoms with Crippen molar-refractivity contribution in [3.8, 4) is 5.75 Å². The number of nitrogens with zero attached hydrogens (tertiary/aromatic N) is 1. The molecule has 0 spiro atoms. The number of aliphatic hydroxyl groups is 1. The molecule has 0 heterocycles. The second kappa shape index (κ2) is 9.08. The Morgan fingerprint density at radius 2 is 1.88 bits per heavy atom. The summed E-state index contributed by atoms with van der Waals surface area (Å²) in [6, 6.07) is 13.5. The highest BCUT2D eigenvalue weighted by atomic mass is 16.5. The number of rotatable bonds is 8. The number of ether oxygens (including phenoxy) is 1. The van der Waals surface area contributed by atoms with Crippen LogP contribution >= 0.6 is 0 Å². The molecule has 25 heavy (non-hydrogen) atoms. The Bertz CT molecular complexity index is 696. The third-order valence-corrected chi connectivity index (χ3v) is 3.87. The highest BCUT2D eigenvalue weighted by Gasteiger charge is 2.09. The normalized spacial score (nSPS) is 10.4. The molecule has 0 radical (unpaired) electrons. The number of carbonyl (C=O) groups excluding carboxylic acids is 1. The summed E-state index contributed by atoms with van der Waals surface area (Å²) >= 11 is 0. The molecule has 0 unspecified atom stereocenters. The highest BCUT2D eigenvalue weighted by Crippen LogP contribution is 2.16. The van der Waals surface area contributed by atoms with E-state index in [1.54, 1.807) is 11.9 Å². The first-order chi connectivity index (χ1) is 12.0. The van der Waals surface area contributed by atoms with E-state index in [4.69, 9.17) is 9.84 Å². The lowest BCUT2D eigenvalue weighted by molar-refractivity contribution is -0.128. The van der Waals surface area contributed by atoms with Crippen LogP contribution in [-0.4, -0.2) is 42.7 Å². The predicted molar refractivity (Wildman–Crippen MR) is 99.9 cm³/mol. The van der Waals surface area contributed by atoms with Crippen molar-refractivity contribution in [1.82, 2.24) is 4.90 Å². The number of hydrogen-bond acceptors (Lipinski definition) is 4. The summed E-state index contributed by atoms with van der Waals surface area (Å²) in [4.78, 5) is 13.8. The van der Waals surface area contributed by atoms with Crippen molar-refractivity contribution in [1.29, 1.82) is 0 Å². The Morgan fingerprint density at radius 1 is 1.16 bits per heavy atom. The second-order valence-electron chi connectivity index (χ2n) is 6.20. The topological polar surface area (TPSA) is 61.8 Å². The smallest absolute Gasteiger partial charge is 0.241 e. The number of aryl methyl sites for hydroxylation is 2. The monoisotopic (exact) mass is 342 g/mol. The maximum atomic E-state index is 12.2. The molecule has 2 rings (SSSR count). The standard InChI is InChI=1S/C20H26N2O3/c1-15-9-16(2)11-19(10-15)25-8-7-22(3)20(24)13-21-18-6-4-5-17(12-18)14-23/h4-6,9-12,21,23H,7-8,13-14H2,1-3H3. The van der Waals surface area contributed by atoms with Gasteiger partial charge >= 0.3 is 0 Å². The molecule has 5 nitrogen and oxygen atoms in total. The van der Waals surface area contributed by atoms with Crippen LogP contribution in [0.4, 0.5) is 5.69 Å². The summed E-state index contributed by atoms with van der Waals surface area (Å²) in [6.45, 7) is 5.23. The van der Waals surface area contributed by atoms with Gasteiger partial charge in [-0.2, -0.15) is 0 Å². The molecule has 2 aromatic carbocycles. The molecule has 1 amide bonds. The van der Waals surface area contributed by atoms with Crippen LogP contribution in [-0.2, 0) is 11.4 Å². The van der Waals surface area contributed by atoms with E-state index >= 15 is 0 Å². The SMILES string of the molecule is Cc1cc(C)cc(OCCN(C)C(=O)CNc2cccc(CO)c2)c1. The number of hydrogen-bond donors (Lipinski definition) is 2. The van der Waals surface area contributed by atoms with Gasteiger partial charge in [0.25, 0.3) is 0 Å². The molecule has 0 aliphatic carbocycles. The first-order valence-electron chi connectivity index (χ1n) is 8.36. The summed E-state index contributed by atoms with van der Waals surface area (Å²) in [6.07, 6.45) is 0. The molecular weight excluding hydrogens is 316 g/mol. The van der Waals surface area contributed by atoms with E-state index in [0.717, 1.165) is 28.1 Å². The van der Waals surface area contributed by atoms with Crippen molar-refractivity contribution in [2.24, 2.45) is 0 Å². The van der Waals surface area contributed by atoms with E-state index in [1.807, 2.05) is 50.2 Å². The molecule has 0 aliphatic rings. The molecule has 2 N–H and O–H groups in total. The van der Waals surface area contributed by atoms with Crippen molar-refractivity contribution in [2.45, 2.75) is 20.5 Å². The Morgan fingerprint density at radius 3 is 2.56 bits per heavy atom. The number of carbonyl (C=O) groups is 1. The minimum absolute atomic E-state index is 0.0147. The minimum atomic E-state index is -0.0153. The molecule has 0 bridgehead atoms. The van der Waals surface area contributed by atoms with Crippen molar-refractivity contribution in [3.63, 3.8) is 0 Å². The molecule has 5 heteroatoms. The van der Waals surface area contributed by atoms with E-state index in [9.17, 15) is 4.79 Å². The van der Waals surface area contributed by atoms with Crippen molar-refractivity contribution in [2.75, 3.05) is 32.1 Å².